The van der Waals surface area contributed by atoms with Crippen LogP contribution < -0.4 is 4.74 Å². The van der Waals surface area contributed by atoms with Gasteiger partial charge in [0.2, 0.25) is 11.8 Å². The van der Waals surface area contributed by atoms with Gasteiger partial charge in [0, 0.05) is 36.4 Å². The number of carbonyl (C=O) groups is 2. The van der Waals surface area contributed by atoms with Crippen molar-refractivity contribution in [1.29, 1.82) is 0 Å². The van der Waals surface area contributed by atoms with Gasteiger partial charge < -0.3 is 4.74 Å². The lowest BCUT2D eigenvalue weighted by molar-refractivity contribution is -0.137. The van der Waals surface area contributed by atoms with E-state index >= 15 is 0 Å². The lowest BCUT2D eigenvalue weighted by Crippen LogP contribution is -2.31. The van der Waals surface area contributed by atoms with E-state index in [0.717, 1.165) is 22.8 Å². The summed E-state index contributed by atoms with van der Waals surface area (Å²) in [6.07, 6.45) is 0.622. The molecule has 29 heavy (non-hydrogen) atoms. The Kier molecular flexibility index (Phi) is 5.62. The van der Waals surface area contributed by atoms with Crippen molar-refractivity contribution < 1.29 is 14.3 Å². The first-order chi connectivity index (χ1) is 14.2. The first-order valence-corrected chi connectivity index (χ1v) is 10.3. The molecule has 148 valence electrons. The molecule has 0 saturated carbocycles. The van der Waals surface area contributed by atoms with Gasteiger partial charge in [-0.05, 0) is 36.4 Å². The van der Waals surface area contributed by atoms with E-state index in [4.69, 9.17) is 4.74 Å². The molecule has 2 heterocycles. The lowest BCUT2D eigenvalue weighted by atomic mass is 10.2. The molecule has 8 heteroatoms. The van der Waals surface area contributed by atoms with Crippen molar-refractivity contribution in [3.8, 4) is 22.8 Å². The molecule has 0 atom stereocenters. The quantitative estimate of drug-likeness (QED) is 0.441. The average Bonchev–Trinajstić information content (AvgIpc) is 3.32. The molecule has 3 aromatic rings. The molecule has 2 amide bonds. The van der Waals surface area contributed by atoms with Gasteiger partial charge in [-0.2, -0.15) is 0 Å². The number of methoxy groups -OCH3 is 1. The zero-order chi connectivity index (χ0) is 20.2. The summed E-state index contributed by atoms with van der Waals surface area (Å²) in [5, 5.41) is 9.48. The zero-order valence-corrected chi connectivity index (χ0v) is 16.8. The van der Waals surface area contributed by atoms with E-state index in [9.17, 15) is 9.59 Å². The Morgan fingerprint density at radius 3 is 2.31 bits per heavy atom. The number of benzene rings is 2. The number of likely N-dealkylation sites (tertiary alicyclic amines) is 1. The molecular formula is C21H20N4O3S. The zero-order valence-electron chi connectivity index (χ0n) is 15.9. The number of aromatic nitrogens is 3. The van der Waals surface area contributed by atoms with E-state index in [-0.39, 0.29) is 11.8 Å². The van der Waals surface area contributed by atoms with Gasteiger partial charge in [-0.25, -0.2) is 0 Å². The number of ether oxygens (including phenoxy) is 1. The van der Waals surface area contributed by atoms with Gasteiger partial charge in [0.05, 0.1) is 7.11 Å². The number of imide groups is 1. The normalized spacial score (nSPS) is 13.9. The number of rotatable bonds is 7. The molecule has 1 fully saturated rings. The summed E-state index contributed by atoms with van der Waals surface area (Å²) < 4.78 is 7.22. The Hall–Kier alpha value is -3.13. The number of hydrogen-bond acceptors (Lipinski definition) is 6. The van der Waals surface area contributed by atoms with Gasteiger partial charge in [0.1, 0.15) is 5.75 Å². The van der Waals surface area contributed by atoms with E-state index in [1.54, 1.807) is 7.11 Å². The predicted octanol–water partition coefficient (Wildman–Crippen LogP) is 3.18. The van der Waals surface area contributed by atoms with Crippen molar-refractivity contribution in [3.63, 3.8) is 0 Å². The average molecular weight is 408 g/mol. The highest BCUT2D eigenvalue weighted by Gasteiger charge is 2.28. The minimum absolute atomic E-state index is 0.0981. The largest absolute Gasteiger partial charge is 0.497 e. The van der Waals surface area contributed by atoms with E-state index in [0.29, 0.717) is 30.3 Å². The molecular weight excluding hydrogens is 388 g/mol. The summed E-state index contributed by atoms with van der Waals surface area (Å²) in [5.74, 6) is 1.85. The van der Waals surface area contributed by atoms with Gasteiger partial charge in [0.15, 0.2) is 11.0 Å². The second-order valence-corrected chi connectivity index (χ2v) is 7.56. The molecule has 0 aliphatic carbocycles. The first-order valence-electron chi connectivity index (χ1n) is 9.28. The number of hydrogen-bond donors (Lipinski definition) is 0. The smallest absolute Gasteiger partial charge is 0.229 e. The van der Waals surface area contributed by atoms with Crippen molar-refractivity contribution in [3.05, 3.63) is 54.6 Å². The molecule has 0 N–H and O–H groups in total. The van der Waals surface area contributed by atoms with Crippen molar-refractivity contribution in [2.45, 2.75) is 18.0 Å². The minimum Gasteiger partial charge on any atom is -0.497 e. The molecule has 7 nitrogen and oxygen atoms in total. The first kappa shape index (κ1) is 19.2. The summed E-state index contributed by atoms with van der Waals surface area (Å²) in [6, 6.07) is 17.5. The van der Waals surface area contributed by atoms with Crippen LogP contribution in [0.25, 0.3) is 17.1 Å². The van der Waals surface area contributed by atoms with Gasteiger partial charge in [-0.3, -0.25) is 19.1 Å². The fraction of sp³-hybridized carbons (Fsp3) is 0.238. The second kappa shape index (κ2) is 8.48. The van der Waals surface area contributed by atoms with Crippen LogP contribution in [-0.4, -0.2) is 50.9 Å². The number of carbonyl (C=O) groups excluding carboxylic acids is 2. The van der Waals surface area contributed by atoms with Crippen LogP contribution in [0.3, 0.4) is 0 Å². The molecule has 1 aliphatic rings. The standard InChI is InChI=1S/C21H20N4O3S/c1-28-17-9-7-15(8-10-17)20-22-23-21(25(20)16-5-3-2-4-6-16)29-14-13-24-18(26)11-12-19(24)27/h2-10H,11-14H2,1H3. The van der Waals surface area contributed by atoms with Crippen molar-refractivity contribution in [2.24, 2.45) is 0 Å². The third kappa shape index (κ3) is 4.02. The SMILES string of the molecule is COc1ccc(-c2nnc(SCCN3C(=O)CCC3=O)n2-c2ccccc2)cc1. The minimum atomic E-state index is -0.0981. The maximum Gasteiger partial charge on any atom is 0.229 e. The number of amides is 2. The summed E-state index contributed by atoms with van der Waals surface area (Å²) >= 11 is 1.47. The van der Waals surface area contributed by atoms with Crippen LogP contribution in [0, 0.1) is 0 Å². The Morgan fingerprint density at radius 2 is 1.66 bits per heavy atom. The van der Waals surface area contributed by atoms with Crippen LogP contribution in [0.2, 0.25) is 0 Å². The van der Waals surface area contributed by atoms with Crippen LogP contribution in [0.15, 0.2) is 59.8 Å². The van der Waals surface area contributed by atoms with Crippen LogP contribution in [0.5, 0.6) is 5.75 Å². The molecule has 1 aromatic heterocycles. The highest BCUT2D eigenvalue weighted by atomic mass is 32.2. The van der Waals surface area contributed by atoms with Gasteiger partial charge in [-0.15, -0.1) is 10.2 Å². The molecule has 0 radical (unpaired) electrons. The third-order valence-electron chi connectivity index (χ3n) is 4.70. The Balaban J connectivity index is 1.61. The fourth-order valence-electron chi connectivity index (χ4n) is 3.20. The number of nitrogens with zero attached hydrogens (tertiary/aromatic N) is 4. The second-order valence-electron chi connectivity index (χ2n) is 6.49. The topological polar surface area (TPSA) is 77.3 Å². The monoisotopic (exact) mass is 408 g/mol. The summed E-state index contributed by atoms with van der Waals surface area (Å²) in [4.78, 5) is 25.0. The van der Waals surface area contributed by atoms with Crippen molar-refractivity contribution in [1.82, 2.24) is 19.7 Å². The van der Waals surface area contributed by atoms with E-state index in [2.05, 4.69) is 10.2 Å². The highest BCUT2D eigenvalue weighted by Crippen LogP contribution is 2.29. The lowest BCUT2D eigenvalue weighted by Gasteiger charge is -2.14. The Morgan fingerprint density at radius 1 is 0.966 bits per heavy atom. The molecule has 0 bridgehead atoms. The molecule has 2 aromatic carbocycles. The maximum atomic E-state index is 11.8. The highest BCUT2D eigenvalue weighted by molar-refractivity contribution is 7.99. The van der Waals surface area contributed by atoms with Gasteiger partial charge in [-0.1, -0.05) is 30.0 Å². The molecule has 0 spiro atoms. The van der Waals surface area contributed by atoms with E-state index < -0.39 is 0 Å². The molecule has 1 saturated heterocycles. The summed E-state index contributed by atoms with van der Waals surface area (Å²) in [6.45, 7) is 0.377. The molecule has 1 aliphatic heterocycles. The van der Waals surface area contributed by atoms with Crippen LogP contribution in [0.1, 0.15) is 12.8 Å². The number of thioether (sulfide) groups is 1. The Labute approximate surface area is 172 Å². The Bertz CT molecular complexity index is 1000. The third-order valence-corrected chi connectivity index (χ3v) is 5.61. The summed E-state index contributed by atoms with van der Waals surface area (Å²) in [5.41, 5.74) is 1.86. The van der Waals surface area contributed by atoms with Crippen LogP contribution in [0.4, 0.5) is 0 Å². The fourth-order valence-corrected chi connectivity index (χ4v) is 4.08. The van der Waals surface area contributed by atoms with E-state index in [1.807, 2.05) is 59.2 Å². The van der Waals surface area contributed by atoms with E-state index in [1.165, 1.54) is 16.7 Å². The van der Waals surface area contributed by atoms with Crippen molar-refractivity contribution >= 4 is 23.6 Å². The molecule has 4 rings (SSSR count). The van der Waals surface area contributed by atoms with Gasteiger partial charge >= 0.3 is 0 Å². The summed E-state index contributed by atoms with van der Waals surface area (Å²) in [7, 11) is 1.63. The number of para-hydroxylation sites is 1. The van der Waals surface area contributed by atoms with Gasteiger partial charge in [0.25, 0.3) is 0 Å². The predicted molar refractivity (Wildman–Crippen MR) is 110 cm³/mol. The van der Waals surface area contributed by atoms with Crippen molar-refractivity contribution in [2.75, 3.05) is 19.4 Å². The van der Waals surface area contributed by atoms with Crippen LogP contribution in [-0.2, 0) is 9.59 Å². The maximum absolute atomic E-state index is 11.8. The molecule has 0 unspecified atom stereocenters. The van der Waals surface area contributed by atoms with Crippen LogP contribution >= 0.6 is 11.8 Å².